The number of halogens is 2. The molecule has 2 aromatic heterocycles. The molecule has 0 aliphatic rings. The number of benzene rings is 2. The molecular weight excluding hydrogens is 468 g/mol. The Morgan fingerprint density at radius 2 is 0.963 bits per heavy atom. The maximum Gasteiger partial charge on any atom is 0.176 e. The molecule has 0 spiro atoms. The van der Waals surface area contributed by atoms with Gasteiger partial charge in [0.25, 0.3) is 0 Å². The van der Waals surface area contributed by atoms with Gasteiger partial charge < -0.3 is 4.74 Å². The third-order valence-corrected chi connectivity index (χ3v) is 4.48. The van der Waals surface area contributed by atoms with Crippen molar-refractivity contribution in [3.63, 3.8) is 0 Å². The van der Waals surface area contributed by atoms with Crippen LogP contribution >= 0.6 is 34.0 Å². The van der Waals surface area contributed by atoms with Gasteiger partial charge in [-0.05, 0) is 22.9 Å². The van der Waals surface area contributed by atoms with E-state index in [-0.39, 0.29) is 34.0 Å². The SMILES string of the molecule is Br.Br.c1ccc2c[n+](CCOCC[n+]3ccc4ccccc4c3)ccc2c1. The molecular formula is C22H24Br2N2O+2. The monoisotopic (exact) mass is 490 g/mol. The quantitative estimate of drug-likeness (QED) is 0.288. The first-order valence-electron chi connectivity index (χ1n) is 8.72. The molecule has 0 amide bonds. The Kier molecular flexibility index (Phi) is 8.35. The molecule has 0 aliphatic heterocycles. The van der Waals surface area contributed by atoms with Crippen molar-refractivity contribution < 1.29 is 13.9 Å². The normalized spacial score (nSPS) is 10.4. The molecule has 4 rings (SSSR count). The number of aromatic nitrogens is 2. The molecule has 0 bridgehead atoms. The Balaban J connectivity index is 0.00000131. The Hall–Kier alpha value is -1.82. The predicted octanol–water partition coefficient (Wildman–Crippen LogP) is 4.44. The van der Waals surface area contributed by atoms with E-state index in [1.807, 2.05) is 0 Å². The summed E-state index contributed by atoms with van der Waals surface area (Å²) in [6.45, 7) is 3.18. The molecule has 3 nitrogen and oxygen atoms in total. The van der Waals surface area contributed by atoms with Gasteiger partial charge in [-0.25, -0.2) is 9.13 Å². The summed E-state index contributed by atoms with van der Waals surface area (Å²) in [6, 6.07) is 21.1. The highest BCUT2D eigenvalue weighted by Gasteiger charge is 2.05. The van der Waals surface area contributed by atoms with Gasteiger partial charge in [0, 0.05) is 22.9 Å². The van der Waals surface area contributed by atoms with Crippen LogP contribution in [-0.2, 0) is 17.8 Å². The molecule has 27 heavy (non-hydrogen) atoms. The molecule has 4 aromatic rings. The molecule has 0 aliphatic carbocycles. The van der Waals surface area contributed by atoms with E-state index >= 15 is 0 Å². The molecule has 0 atom stereocenters. The second kappa shape index (κ2) is 10.5. The van der Waals surface area contributed by atoms with Crippen LogP contribution in [0.3, 0.4) is 0 Å². The summed E-state index contributed by atoms with van der Waals surface area (Å²) in [5.74, 6) is 0. The fourth-order valence-corrected chi connectivity index (χ4v) is 3.08. The van der Waals surface area contributed by atoms with Gasteiger partial charge in [0.2, 0.25) is 0 Å². The van der Waals surface area contributed by atoms with Gasteiger partial charge in [-0.1, -0.05) is 36.4 Å². The fourth-order valence-electron chi connectivity index (χ4n) is 3.08. The summed E-state index contributed by atoms with van der Waals surface area (Å²) in [4.78, 5) is 0. The van der Waals surface area contributed by atoms with Gasteiger partial charge in [-0.2, -0.15) is 0 Å². The lowest BCUT2D eigenvalue weighted by molar-refractivity contribution is -0.704. The van der Waals surface area contributed by atoms with E-state index in [0.29, 0.717) is 0 Å². The maximum atomic E-state index is 5.82. The van der Waals surface area contributed by atoms with Crippen LogP contribution in [0.1, 0.15) is 0 Å². The van der Waals surface area contributed by atoms with Crippen molar-refractivity contribution in [1.29, 1.82) is 0 Å². The van der Waals surface area contributed by atoms with Crippen molar-refractivity contribution >= 4 is 55.5 Å². The summed E-state index contributed by atoms with van der Waals surface area (Å²) in [6.07, 6.45) is 8.58. The van der Waals surface area contributed by atoms with E-state index in [0.717, 1.165) is 26.3 Å². The topological polar surface area (TPSA) is 17.0 Å². The van der Waals surface area contributed by atoms with E-state index in [9.17, 15) is 0 Å². The zero-order valence-electron chi connectivity index (χ0n) is 15.0. The standard InChI is InChI=1S/C22H22N2O.2BrH/c1-3-7-21-17-23(11-9-19(21)5-1)13-15-25-16-14-24-12-10-20-6-2-4-8-22(20)18-24;;/h1-12,17-18H,13-16H2;2*1H/q+2;;. The Morgan fingerprint density at radius 1 is 0.556 bits per heavy atom. The lowest BCUT2D eigenvalue weighted by Crippen LogP contribution is -2.37. The maximum absolute atomic E-state index is 5.82. The van der Waals surface area contributed by atoms with E-state index in [1.54, 1.807) is 0 Å². The molecule has 0 saturated heterocycles. The molecule has 0 radical (unpaired) electrons. The average molecular weight is 492 g/mol. The predicted molar refractivity (Wildman–Crippen MR) is 120 cm³/mol. The second-order valence-corrected chi connectivity index (χ2v) is 6.24. The van der Waals surface area contributed by atoms with Crippen molar-refractivity contribution in [2.24, 2.45) is 0 Å². The van der Waals surface area contributed by atoms with Crippen LogP contribution in [-0.4, -0.2) is 13.2 Å². The average Bonchev–Trinajstić information content (AvgIpc) is 2.67. The van der Waals surface area contributed by atoms with Gasteiger partial charge in [0.05, 0.1) is 0 Å². The third kappa shape index (κ3) is 5.58. The van der Waals surface area contributed by atoms with Gasteiger partial charge in [-0.15, -0.1) is 34.0 Å². The van der Waals surface area contributed by atoms with E-state index < -0.39 is 0 Å². The summed E-state index contributed by atoms with van der Waals surface area (Å²) >= 11 is 0. The summed E-state index contributed by atoms with van der Waals surface area (Å²) < 4.78 is 10.2. The van der Waals surface area contributed by atoms with Crippen LogP contribution in [0.4, 0.5) is 0 Å². The lowest BCUT2D eigenvalue weighted by atomic mass is 10.2. The molecule has 0 unspecified atom stereocenters. The molecule has 2 aromatic carbocycles. The summed E-state index contributed by atoms with van der Waals surface area (Å²) in [7, 11) is 0. The second-order valence-electron chi connectivity index (χ2n) is 6.24. The van der Waals surface area contributed by atoms with Crippen LogP contribution < -0.4 is 9.13 Å². The van der Waals surface area contributed by atoms with Crippen molar-refractivity contribution in [1.82, 2.24) is 0 Å². The largest absolute Gasteiger partial charge is 0.368 e. The van der Waals surface area contributed by atoms with E-state index in [4.69, 9.17) is 4.74 Å². The van der Waals surface area contributed by atoms with Gasteiger partial charge in [0.15, 0.2) is 37.9 Å². The number of fused-ring (bicyclic) bond motifs is 2. The summed E-state index contributed by atoms with van der Waals surface area (Å²) in [5.41, 5.74) is 0. The first-order chi connectivity index (χ1) is 12.4. The molecule has 5 heteroatoms. The molecule has 2 heterocycles. The van der Waals surface area contributed by atoms with Crippen LogP contribution in [0, 0.1) is 0 Å². The van der Waals surface area contributed by atoms with Crippen LogP contribution in [0.5, 0.6) is 0 Å². The highest BCUT2D eigenvalue weighted by molar-refractivity contribution is 8.93. The van der Waals surface area contributed by atoms with Crippen LogP contribution in [0.25, 0.3) is 21.5 Å². The van der Waals surface area contributed by atoms with E-state index in [1.165, 1.54) is 21.5 Å². The van der Waals surface area contributed by atoms with Gasteiger partial charge in [0.1, 0.15) is 13.2 Å². The molecule has 0 fully saturated rings. The van der Waals surface area contributed by atoms with Crippen molar-refractivity contribution in [3.8, 4) is 0 Å². The highest BCUT2D eigenvalue weighted by atomic mass is 79.9. The number of rotatable bonds is 6. The smallest absolute Gasteiger partial charge is 0.176 e. The Bertz CT molecular complexity index is 926. The minimum Gasteiger partial charge on any atom is -0.368 e. The molecule has 0 N–H and O–H groups in total. The van der Waals surface area contributed by atoms with Crippen LogP contribution in [0.2, 0.25) is 0 Å². The molecule has 0 saturated carbocycles. The minimum atomic E-state index is 0. The zero-order valence-corrected chi connectivity index (χ0v) is 18.5. The zero-order chi connectivity index (χ0) is 16.9. The number of hydrogen-bond donors (Lipinski definition) is 0. The summed E-state index contributed by atoms with van der Waals surface area (Å²) in [5, 5.41) is 5.06. The van der Waals surface area contributed by atoms with Gasteiger partial charge in [-0.3, -0.25) is 0 Å². The Morgan fingerprint density at radius 3 is 1.41 bits per heavy atom. The van der Waals surface area contributed by atoms with Crippen LogP contribution in [0.15, 0.2) is 85.5 Å². The first kappa shape index (κ1) is 21.5. The van der Waals surface area contributed by atoms with Crippen molar-refractivity contribution in [2.45, 2.75) is 13.1 Å². The van der Waals surface area contributed by atoms with Crippen molar-refractivity contribution in [2.75, 3.05) is 13.2 Å². The van der Waals surface area contributed by atoms with E-state index in [2.05, 4.69) is 94.6 Å². The fraction of sp³-hybridized carbons (Fsp3) is 0.182. The van der Waals surface area contributed by atoms with Crippen molar-refractivity contribution in [3.05, 3.63) is 85.5 Å². The number of nitrogens with zero attached hydrogens (tertiary/aromatic N) is 2. The number of hydrogen-bond acceptors (Lipinski definition) is 1. The molecule has 140 valence electrons. The lowest BCUT2D eigenvalue weighted by Gasteiger charge is -2.02. The number of ether oxygens (including phenoxy) is 1. The minimum absolute atomic E-state index is 0. The first-order valence-corrected chi connectivity index (χ1v) is 8.72. The highest BCUT2D eigenvalue weighted by Crippen LogP contribution is 2.10. The Labute approximate surface area is 180 Å². The third-order valence-electron chi connectivity index (χ3n) is 4.48. The van der Waals surface area contributed by atoms with Gasteiger partial charge >= 0.3 is 0 Å². The number of pyridine rings is 2.